The van der Waals surface area contributed by atoms with Crippen LogP contribution in [0.5, 0.6) is 0 Å². The lowest BCUT2D eigenvalue weighted by atomic mass is 9.79. The molecule has 1 saturated heterocycles. The lowest BCUT2D eigenvalue weighted by Crippen LogP contribution is -2.55. The molecule has 2 rings (SSSR count). The number of amides is 2. The van der Waals surface area contributed by atoms with Gasteiger partial charge in [-0.3, -0.25) is 0 Å². The zero-order chi connectivity index (χ0) is 10.9. The number of urea groups is 1. The predicted octanol–water partition coefficient (Wildman–Crippen LogP) is 1.06. The quantitative estimate of drug-likeness (QED) is 0.681. The number of hydrogen-bond donors (Lipinski definition) is 2. The number of nitrogens with two attached hydrogens (primary N) is 1. The van der Waals surface area contributed by atoms with Crippen LogP contribution >= 0.6 is 0 Å². The topological polar surface area (TPSA) is 58.4 Å². The Balaban J connectivity index is 2.06. The number of hydrogen-bond acceptors (Lipinski definition) is 2. The highest BCUT2D eigenvalue weighted by atomic mass is 16.2. The van der Waals surface area contributed by atoms with Gasteiger partial charge in [-0.25, -0.2) is 4.79 Å². The van der Waals surface area contributed by atoms with E-state index in [1.807, 2.05) is 11.8 Å². The smallest absolute Gasteiger partial charge is 0.317 e. The highest BCUT2D eigenvalue weighted by molar-refractivity contribution is 5.75. The van der Waals surface area contributed by atoms with E-state index in [9.17, 15) is 4.79 Å². The largest absolute Gasteiger partial charge is 0.338 e. The second-order valence-corrected chi connectivity index (χ2v) is 4.77. The number of nitrogens with zero attached hydrogens (tertiary/aromatic N) is 1. The highest BCUT2D eigenvalue weighted by Crippen LogP contribution is 2.37. The average molecular weight is 211 g/mol. The lowest BCUT2D eigenvalue weighted by Gasteiger charge is -2.38. The van der Waals surface area contributed by atoms with Gasteiger partial charge in [-0.15, -0.1) is 0 Å². The molecule has 4 nitrogen and oxygen atoms in total. The van der Waals surface area contributed by atoms with Gasteiger partial charge in [0.05, 0.1) is 6.04 Å². The Kier molecular flexibility index (Phi) is 2.87. The van der Waals surface area contributed by atoms with Gasteiger partial charge in [0.1, 0.15) is 0 Å². The fraction of sp³-hybridized carbons (Fsp3) is 0.909. The summed E-state index contributed by atoms with van der Waals surface area (Å²) in [4.78, 5) is 13.7. The second kappa shape index (κ2) is 4.00. The summed E-state index contributed by atoms with van der Waals surface area (Å²) in [6.07, 6.45) is 5.55. The maximum Gasteiger partial charge on any atom is 0.317 e. The van der Waals surface area contributed by atoms with Gasteiger partial charge in [-0.05, 0) is 26.2 Å². The molecule has 1 heterocycles. The van der Waals surface area contributed by atoms with Crippen molar-refractivity contribution in [1.29, 1.82) is 0 Å². The first-order valence-corrected chi connectivity index (χ1v) is 6.01. The normalized spacial score (nSPS) is 35.1. The third-order valence-electron chi connectivity index (χ3n) is 3.82. The summed E-state index contributed by atoms with van der Waals surface area (Å²) in [6, 6.07) is 0.342. The molecule has 1 aliphatic carbocycles. The molecular formula is C11H21N3O. The molecule has 0 aromatic rings. The second-order valence-electron chi connectivity index (χ2n) is 4.77. The van der Waals surface area contributed by atoms with Crippen molar-refractivity contribution < 1.29 is 4.79 Å². The molecule has 4 heteroatoms. The Bertz CT molecular complexity index is 256. The van der Waals surface area contributed by atoms with Crippen molar-refractivity contribution >= 4 is 6.03 Å². The van der Waals surface area contributed by atoms with E-state index in [-0.39, 0.29) is 17.6 Å². The molecule has 2 atom stereocenters. The van der Waals surface area contributed by atoms with Gasteiger partial charge in [0.25, 0.3) is 0 Å². The molecule has 0 aromatic heterocycles. The van der Waals surface area contributed by atoms with Gasteiger partial charge >= 0.3 is 6.03 Å². The predicted molar refractivity (Wildman–Crippen MR) is 59.6 cm³/mol. The number of rotatable bonds is 1. The summed E-state index contributed by atoms with van der Waals surface area (Å²) in [5.41, 5.74) is 6.27. The van der Waals surface area contributed by atoms with Crippen LogP contribution in [0.3, 0.4) is 0 Å². The van der Waals surface area contributed by atoms with Gasteiger partial charge in [-0.1, -0.05) is 12.8 Å². The van der Waals surface area contributed by atoms with Gasteiger partial charge < -0.3 is 16.0 Å². The van der Waals surface area contributed by atoms with E-state index in [1.165, 1.54) is 12.8 Å². The molecule has 2 unspecified atom stereocenters. The molecule has 1 aliphatic heterocycles. The van der Waals surface area contributed by atoms with Crippen LogP contribution in [0.25, 0.3) is 0 Å². The zero-order valence-electron chi connectivity index (χ0n) is 9.46. The lowest BCUT2D eigenvalue weighted by molar-refractivity contribution is 0.158. The third-order valence-corrected chi connectivity index (χ3v) is 3.82. The first-order valence-electron chi connectivity index (χ1n) is 6.01. The summed E-state index contributed by atoms with van der Waals surface area (Å²) in [5, 5.41) is 2.87. The van der Waals surface area contributed by atoms with Crippen molar-refractivity contribution in [3.05, 3.63) is 0 Å². The molecule has 3 N–H and O–H groups in total. The molecule has 0 bridgehead atoms. The van der Waals surface area contributed by atoms with Crippen LogP contribution in [0.1, 0.15) is 39.0 Å². The highest BCUT2D eigenvalue weighted by Gasteiger charge is 2.47. The van der Waals surface area contributed by atoms with E-state index in [0.29, 0.717) is 6.54 Å². The van der Waals surface area contributed by atoms with Crippen LogP contribution < -0.4 is 11.1 Å². The van der Waals surface area contributed by atoms with E-state index < -0.39 is 0 Å². The van der Waals surface area contributed by atoms with Crippen LogP contribution in [0.15, 0.2) is 0 Å². The SMILES string of the molecule is CCNC(=O)N1CCC2(N)CCCCC12. The minimum Gasteiger partial charge on any atom is -0.338 e. The first kappa shape index (κ1) is 10.7. The maximum atomic E-state index is 11.8. The molecule has 0 spiro atoms. The maximum absolute atomic E-state index is 11.8. The Hall–Kier alpha value is -0.770. The van der Waals surface area contributed by atoms with E-state index in [0.717, 1.165) is 25.8 Å². The minimum absolute atomic E-state index is 0.0664. The van der Waals surface area contributed by atoms with E-state index in [1.54, 1.807) is 0 Å². The average Bonchev–Trinajstić information content (AvgIpc) is 2.55. The Labute approximate surface area is 91.2 Å². The van der Waals surface area contributed by atoms with Gasteiger partial charge in [0.15, 0.2) is 0 Å². The number of likely N-dealkylation sites (tertiary alicyclic amines) is 1. The first-order chi connectivity index (χ1) is 7.17. The minimum atomic E-state index is -0.0939. The molecule has 15 heavy (non-hydrogen) atoms. The van der Waals surface area contributed by atoms with Crippen molar-refractivity contribution in [3.8, 4) is 0 Å². The third kappa shape index (κ3) is 1.83. The Morgan fingerprint density at radius 3 is 3.07 bits per heavy atom. The van der Waals surface area contributed by atoms with Crippen LogP contribution in [0, 0.1) is 0 Å². The molecule has 2 aliphatic rings. The summed E-state index contributed by atoms with van der Waals surface area (Å²) in [5.74, 6) is 0. The van der Waals surface area contributed by atoms with E-state index >= 15 is 0 Å². The molecule has 2 fully saturated rings. The number of carbonyl (C=O) groups is 1. The standard InChI is InChI=1S/C11H21N3O/c1-2-13-10(15)14-8-7-11(12)6-4-3-5-9(11)14/h9H,2-8,12H2,1H3,(H,13,15). The Morgan fingerprint density at radius 1 is 1.53 bits per heavy atom. The van der Waals surface area contributed by atoms with Gasteiger partial charge in [0, 0.05) is 18.6 Å². The fourth-order valence-corrected chi connectivity index (χ4v) is 2.98. The van der Waals surface area contributed by atoms with E-state index in [4.69, 9.17) is 5.73 Å². The number of nitrogens with one attached hydrogen (secondary N) is 1. The summed E-state index contributed by atoms with van der Waals surface area (Å²) in [6.45, 7) is 3.47. The number of fused-ring (bicyclic) bond motifs is 1. The molecule has 0 aromatic carbocycles. The van der Waals surface area contributed by atoms with Crippen molar-refractivity contribution in [3.63, 3.8) is 0 Å². The van der Waals surface area contributed by atoms with E-state index in [2.05, 4.69) is 5.32 Å². The Morgan fingerprint density at radius 2 is 2.33 bits per heavy atom. The monoisotopic (exact) mass is 211 g/mol. The molecule has 2 amide bonds. The fourth-order valence-electron chi connectivity index (χ4n) is 2.98. The van der Waals surface area contributed by atoms with Crippen LogP contribution in [-0.4, -0.2) is 35.6 Å². The van der Waals surface area contributed by atoms with Crippen LogP contribution in [-0.2, 0) is 0 Å². The summed E-state index contributed by atoms with van der Waals surface area (Å²) < 4.78 is 0. The number of carbonyl (C=O) groups excluding carboxylic acids is 1. The van der Waals surface area contributed by atoms with Crippen molar-refractivity contribution in [2.24, 2.45) is 5.73 Å². The van der Waals surface area contributed by atoms with Crippen molar-refractivity contribution in [2.75, 3.05) is 13.1 Å². The van der Waals surface area contributed by atoms with Crippen molar-refractivity contribution in [2.45, 2.75) is 50.6 Å². The van der Waals surface area contributed by atoms with Gasteiger partial charge in [-0.2, -0.15) is 0 Å². The van der Waals surface area contributed by atoms with Crippen LogP contribution in [0.4, 0.5) is 4.79 Å². The molecule has 0 radical (unpaired) electrons. The summed E-state index contributed by atoms with van der Waals surface area (Å²) in [7, 11) is 0. The molecular weight excluding hydrogens is 190 g/mol. The molecule has 86 valence electrons. The summed E-state index contributed by atoms with van der Waals surface area (Å²) >= 11 is 0. The van der Waals surface area contributed by atoms with Crippen LogP contribution in [0.2, 0.25) is 0 Å². The van der Waals surface area contributed by atoms with Gasteiger partial charge in [0.2, 0.25) is 0 Å². The zero-order valence-corrected chi connectivity index (χ0v) is 9.46. The molecule has 1 saturated carbocycles. The van der Waals surface area contributed by atoms with Crippen molar-refractivity contribution in [1.82, 2.24) is 10.2 Å².